The maximum atomic E-state index is 11.8. The Hall–Kier alpha value is -2.57. The van der Waals surface area contributed by atoms with Gasteiger partial charge in [0.15, 0.2) is 0 Å². The van der Waals surface area contributed by atoms with Crippen LogP contribution in [0.5, 0.6) is 0 Å². The Kier molecular flexibility index (Phi) is 4.53. The molecular weight excluding hydrogens is 418 g/mol. The smallest absolute Gasteiger partial charge is 0.354 e. The van der Waals surface area contributed by atoms with Crippen LogP contribution in [-0.4, -0.2) is 38.5 Å². The van der Waals surface area contributed by atoms with Gasteiger partial charge in [-0.1, -0.05) is 38.1 Å². The zero-order valence-electron chi connectivity index (χ0n) is 18.4. The van der Waals surface area contributed by atoms with Crippen molar-refractivity contribution in [2.24, 2.45) is 17.3 Å². The third-order valence-electron chi connectivity index (χ3n) is 7.96. The number of pyridine rings is 1. The van der Waals surface area contributed by atoms with Crippen molar-refractivity contribution in [2.75, 3.05) is 6.54 Å². The van der Waals surface area contributed by atoms with E-state index >= 15 is 0 Å². The lowest BCUT2D eigenvalue weighted by Gasteiger charge is -2.51. The molecule has 32 heavy (non-hydrogen) atoms. The van der Waals surface area contributed by atoms with Crippen LogP contribution in [0.15, 0.2) is 41.2 Å². The van der Waals surface area contributed by atoms with Crippen molar-refractivity contribution < 1.29 is 9.90 Å². The van der Waals surface area contributed by atoms with Crippen LogP contribution in [0.3, 0.4) is 0 Å². The summed E-state index contributed by atoms with van der Waals surface area (Å²) in [6, 6.07) is 10.8. The molecule has 3 aromatic rings. The van der Waals surface area contributed by atoms with Crippen LogP contribution < -0.4 is 0 Å². The number of aromatic carboxylic acids is 1. The van der Waals surface area contributed by atoms with Gasteiger partial charge in [0.1, 0.15) is 5.69 Å². The summed E-state index contributed by atoms with van der Waals surface area (Å²) in [4.78, 5) is 23.4. The fourth-order valence-corrected chi connectivity index (χ4v) is 6.89. The predicted molar refractivity (Wildman–Crippen MR) is 125 cm³/mol. The molecule has 0 saturated heterocycles. The van der Waals surface area contributed by atoms with Gasteiger partial charge in [0, 0.05) is 30.1 Å². The fraction of sp³-hybridized carbons (Fsp3) is 0.423. The minimum Gasteiger partial charge on any atom is -0.477 e. The molecule has 2 aromatic heterocycles. The second-order valence-electron chi connectivity index (χ2n) is 10.1. The van der Waals surface area contributed by atoms with E-state index in [0.717, 1.165) is 60.3 Å². The Balaban J connectivity index is 1.28. The van der Waals surface area contributed by atoms with Crippen molar-refractivity contribution >= 4 is 17.3 Å². The highest BCUT2D eigenvalue weighted by molar-refractivity contribution is 7.07. The van der Waals surface area contributed by atoms with Gasteiger partial charge < -0.3 is 5.11 Å². The number of benzene rings is 1. The van der Waals surface area contributed by atoms with Crippen LogP contribution in [0.4, 0.5) is 0 Å². The van der Waals surface area contributed by atoms with E-state index < -0.39 is 5.97 Å². The van der Waals surface area contributed by atoms with Crippen molar-refractivity contribution in [1.29, 1.82) is 0 Å². The van der Waals surface area contributed by atoms with Crippen LogP contribution in [0.2, 0.25) is 0 Å². The van der Waals surface area contributed by atoms with Crippen molar-refractivity contribution in [1.82, 2.24) is 14.9 Å². The lowest BCUT2D eigenvalue weighted by Crippen LogP contribution is -2.56. The number of carbonyl (C=O) groups is 1. The van der Waals surface area contributed by atoms with Gasteiger partial charge in [-0.3, -0.25) is 4.90 Å². The summed E-state index contributed by atoms with van der Waals surface area (Å²) in [6.45, 7) is 6.59. The Morgan fingerprint density at radius 3 is 2.75 bits per heavy atom. The first-order valence-corrected chi connectivity index (χ1v) is 12.3. The molecule has 0 bridgehead atoms. The van der Waals surface area contributed by atoms with E-state index in [2.05, 4.69) is 53.0 Å². The third-order valence-corrected chi connectivity index (χ3v) is 8.54. The Bertz CT molecular complexity index is 1190. The van der Waals surface area contributed by atoms with Gasteiger partial charge >= 0.3 is 5.97 Å². The molecule has 3 unspecified atom stereocenters. The number of fused-ring (bicyclic) bond motifs is 2. The van der Waals surface area contributed by atoms with E-state index in [-0.39, 0.29) is 5.69 Å². The molecule has 6 rings (SSSR count). The van der Waals surface area contributed by atoms with Gasteiger partial charge in [0.05, 0.1) is 16.9 Å². The van der Waals surface area contributed by atoms with E-state index in [1.54, 1.807) is 17.4 Å². The summed E-state index contributed by atoms with van der Waals surface area (Å²) in [7, 11) is 0. The van der Waals surface area contributed by atoms with E-state index in [4.69, 9.17) is 0 Å². The molecule has 0 amide bonds. The fourth-order valence-electron chi connectivity index (χ4n) is 6.33. The molecule has 6 heteroatoms. The topological polar surface area (TPSA) is 66.3 Å². The van der Waals surface area contributed by atoms with Crippen molar-refractivity contribution in [3.63, 3.8) is 0 Å². The van der Waals surface area contributed by atoms with Crippen LogP contribution in [-0.2, 0) is 19.4 Å². The number of carboxylic acid groups (broad SMARTS) is 1. The van der Waals surface area contributed by atoms with E-state index in [9.17, 15) is 9.90 Å². The van der Waals surface area contributed by atoms with Crippen molar-refractivity contribution in [2.45, 2.75) is 45.7 Å². The quantitative estimate of drug-likeness (QED) is 0.605. The monoisotopic (exact) mass is 445 g/mol. The van der Waals surface area contributed by atoms with E-state index in [0.29, 0.717) is 11.5 Å². The first-order chi connectivity index (χ1) is 15.4. The van der Waals surface area contributed by atoms with Crippen molar-refractivity contribution in [3.05, 3.63) is 69.3 Å². The Morgan fingerprint density at radius 1 is 1.28 bits per heavy atom. The molecule has 0 spiro atoms. The van der Waals surface area contributed by atoms with Gasteiger partial charge in [-0.15, -0.1) is 11.3 Å². The highest BCUT2D eigenvalue weighted by Crippen LogP contribution is 2.68. The summed E-state index contributed by atoms with van der Waals surface area (Å²) >= 11 is 1.59. The average molecular weight is 446 g/mol. The molecule has 0 radical (unpaired) electrons. The normalized spacial score (nSPS) is 25.5. The number of thiazole rings is 1. The zero-order valence-corrected chi connectivity index (χ0v) is 19.2. The van der Waals surface area contributed by atoms with Gasteiger partial charge in [-0.2, -0.15) is 0 Å². The first-order valence-electron chi connectivity index (χ1n) is 11.4. The lowest BCUT2D eigenvalue weighted by molar-refractivity contribution is -0.0221. The minimum atomic E-state index is -0.948. The molecule has 1 aliphatic heterocycles. The summed E-state index contributed by atoms with van der Waals surface area (Å²) in [5.41, 5.74) is 8.97. The average Bonchev–Trinajstić information content (AvgIpc) is 3.29. The largest absolute Gasteiger partial charge is 0.477 e. The highest BCUT2D eigenvalue weighted by atomic mass is 32.1. The van der Waals surface area contributed by atoms with Gasteiger partial charge in [-0.05, 0) is 59.3 Å². The number of hydrogen-bond donors (Lipinski definition) is 1. The standard InChI is InChI=1S/C26H27N3O2S/c1-26(2)20-11-19(20)24(26)29-8-7-18-17(10-21(25(30)31)28-22(18)12-29)9-15-3-5-16(6-4-15)23-13-32-14-27-23/h3-6,10,13-14,19-20,24H,7-9,11-12H2,1-2H3,(H,30,31). The summed E-state index contributed by atoms with van der Waals surface area (Å²) in [6.07, 6.45) is 3.02. The molecule has 1 N–H and O–H groups in total. The molecule has 5 nitrogen and oxygen atoms in total. The molecule has 1 aromatic carbocycles. The molecule has 2 saturated carbocycles. The maximum absolute atomic E-state index is 11.8. The number of carboxylic acids is 1. The number of rotatable bonds is 5. The number of nitrogens with zero attached hydrogens (tertiary/aromatic N) is 3. The van der Waals surface area contributed by atoms with E-state index in [1.807, 2.05) is 10.9 Å². The van der Waals surface area contributed by atoms with Gasteiger partial charge in [-0.25, -0.2) is 14.8 Å². The molecule has 2 fully saturated rings. The highest BCUT2D eigenvalue weighted by Gasteiger charge is 2.67. The lowest BCUT2D eigenvalue weighted by atomic mass is 9.66. The van der Waals surface area contributed by atoms with Gasteiger partial charge in [0.2, 0.25) is 0 Å². The van der Waals surface area contributed by atoms with Crippen LogP contribution in [0, 0.1) is 17.3 Å². The molecule has 3 heterocycles. The Morgan fingerprint density at radius 2 is 2.09 bits per heavy atom. The number of hydrogen-bond acceptors (Lipinski definition) is 5. The van der Waals surface area contributed by atoms with Crippen molar-refractivity contribution in [3.8, 4) is 11.3 Å². The Labute approximate surface area is 192 Å². The molecule has 3 aliphatic rings. The van der Waals surface area contributed by atoms with Crippen LogP contribution in [0.1, 0.15) is 53.1 Å². The summed E-state index contributed by atoms with van der Waals surface area (Å²) in [5, 5.41) is 11.7. The predicted octanol–water partition coefficient (Wildman–Crippen LogP) is 4.90. The molecule has 164 valence electrons. The van der Waals surface area contributed by atoms with Crippen LogP contribution >= 0.6 is 11.3 Å². The minimum absolute atomic E-state index is 0.164. The SMILES string of the molecule is CC1(C)C2CC2C1N1CCc2c(Cc3ccc(-c4cscn4)cc3)cc(C(=O)O)nc2C1. The van der Waals surface area contributed by atoms with Gasteiger partial charge in [0.25, 0.3) is 0 Å². The first kappa shape index (κ1) is 20.1. The third kappa shape index (κ3) is 3.20. The van der Waals surface area contributed by atoms with E-state index in [1.165, 1.54) is 17.5 Å². The summed E-state index contributed by atoms with van der Waals surface area (Å²) in [5.74, 6) is 0.774. The van der Waals surface area contributed by atoms with Crippen LogP contribution in [0.25, 0.3) is 11.3 Å². The molecule has 3 atom stereocenters. The zero-order chi connectivity index (χ0) is 22.0. The number of aromatic nitrogens is 2. The second kappa shape index (κ2) is 7.22. The molecule has 2 aliphatic carbocycles. The second-order valence-corrected chi connectivity index (χ2v) is 10.9. The maximum Gasteiger partial charge on any atom is 0.354 e. The summed E-state index contributed by atoms with van der Waals surface area (Å²) < 4.78 is 0. The molecular formula is C26H27N3O2S.